The zero-order valence-electron chi connectivity index (χ0n) is 23.1. The number of carbonyl (C=O) groups is 4. The van der Waals surface area contributed by atoms with E-state index in [9.17, 15) is 19.2 Å². The van der Waals surface area contributed by atoms with Gasteiger partial charge in [-0.25, -0.2) is 4.68 Å². The molecule has 4 rings (SSSR count). The van der Waals surface area contributed by atoms with Gasteiger partial charge >= 0.3 is 23.9 Å². The number of aromatic nitrogens is 3. The Morgan fingerprint density at radius 2 is 1.46 bits per heavy atom. The molecule has 0 spiro atoms. The molecule has 0 radical (unpaired) electrons. The second kappa shape index (κ2) is 13.3. The Hall–Kier alpha value is -4.36. The summed E-state index contributed by atoms with van der Waals surface area (Å²) < 4.78 is 34.7. The lowest BCUT2D eigenvalue weighted by molar-refractivity contribution is -0.270. The summed E-state index contributed by atoms with van der Waals surface area (Å²) in [7, 11) is 0. The Morgan fingerprint density at radius 3 is 2.17 bits per heavy atom. The second-order valence-electron chi connectivity index (χ2n) is 9.41. The van der Waals surface area contributed by atoms with Crippen LogP contribution in [0.1, 0.15) is 45.2 Å². The summed E-state index contributed by atoms with van der Waals surface area (Å²) in [6.07, 6.45) is -4.61. The highest BCUT2D eigenvalue weighted by Crippen LogP contribution is 2.34. The summed E-state index contributed by atoms with van der Waals surface area (Å²) in [5, 5.41) is 10.4. The fraction of sp³-hybridized carbons (Fsp3) is 0.429. The van der Waals surface area contributed by atoms with E-state index in [1.807, 2.05) is 42.5 Å². The lowest BCUT2D eigenvalue weighted by atomic mass is 9.97. The minimum atomic E-state index is -1.31. The fourth-order valence-electron chi connectivity index (χ4n) is 4.61. The summed E-state index contributed by atoms with van der Waals surface area (Å²) >= 11 is 0. The molecule has 0 aliphatic carbocycles. The van der Waals surface area contributed by atoms with E-state index < -0.39 is 54.5 Å². The number of hydrogen-bond acceptors (Lipinski definition) is 12. The van der Waals surface area contributed by atoms with E-state index in [0.29, 0.717) is 12.3 Å². The van der Waals surface area contributed by atoms with Crippen LogP contribution in [0.4, 0.5) is 0 Å². The number of nitrogens with zero attached hydrogens (tertiary/aromatic N) is 3. The van der Waals surface area contributed by atoms with Crippen LogP contribution < -0.4 is 0 Å². The lowest BCUT2D eigenvalue weighted by Gasteiger charge is -2.44. The smallest absolute Gasteiger partial charge is 0.303 e. The number of fused-ring (bicyclic) bond motifs is 1. The molecule has 1 aliphatic rings. The van der Waals surface area contributed by atoms with Crippen LogP contribution in [-0.2, 0) is 60.8 Å². The van der Waals surface area contributed by atoms with Crippen LogP contribution in [-0.4, -0.2) is 69.9 Å². The molecule has 0 bridgehead atoms. The molecule has 0 amide bonds. The van der Waals surface area contributed by atoms with E-state index in [2.05, 4.69) is 10.3 Å². The Balaban J connectivity index is 1.57. The molecule has 41 heavy (non-hydrogen) atoms. The maximum absolute atomic E-state index is 12.1. The van der Waals surface area contributed by atoms with Crippen molar-refractivity contribution in [3.05, 3.63) is 59.9 Å². The van der Waals surface area contributed by atoms with Crippen LogP contribution >= 0.6 is 0 Å². The van der Waals surface area contributed by atoms with Crippen molar-refractivity contribution < 1.29 is 47.6 Å². The summed E-state index contributed by atoms with van der Waals surface area (Å²) in [4.78, 5) is 47.5. The quantitative estimate of drug-likeness (QED) is 0.260. The molecule has 218 valence electrons. The average molecular weight is 570 g/mol. The Morgan fingerprint density at radius 1 is 0.805 bits per heavy atom. The number of esters is 4. The minimum Gasteiger partial charge on any atom is -0.463 e. The standard InChI is InChI=1S/C28H31N3O10/c1-16(32)37-15-24-25(38-17(2)33)26(39-18(3)34)27(40-19(4)35)28(41-24)31-12-22(29-30-31)14-36-13-21-10-7-9-20-8-5-6-11-23(20)21/h5-12,24-28H,13-15H2,1-4H3/t24-,25-,26+,27-,28-/m1/s1. The molecule has 5 atom stereocenters. The van der Waals surface area contributed by atoms with Crippen LogP contribution in [0.15, 0.2) is 48.7 Å². The first kappa shape index (κ1) is 29.6. The van der Waals surface area contributed by atoms with Crippen molar-refractivity contribution >= 4 is 34.6 Å². The van der Waals surface area contributed by atoms with Gasteiger partial charge in [-0.2, -0.15) is 0 Å². The van der Waals surface area contributed by atoms with Gasteiger partial charge in [0.1, 0.15) is 18.4 Å². The normalized spacial score (nSPS) is 22.1. The zero-order chi connectivity index (χ0) is 29.5. The van der Waals surface area contributed by atoms with E-state index in [0.717, 1.165) is 30.2 Å². The third-order valence-corrected chi connectivity index (χ3v) is 6.17. The van der Waals surface area contributed by atoms with Crippen molar-refractivity contribution in [3.8, 4) is 0 Å². The van der Waals surface area contributed by atoms with Crippen LogP contribution in [0.25, 0.3) is 10.8 Å². The van der Waals surface area contributed by atoms with Crippen molar-refractivity contribution in [2.24, 2.45) is 0 Å². The maximum Gasteiger partial charge on any atom is 0.303 e. The third kappa shape index (κ3) is 7.64. The predicted octanol–water partition coefficient (Wildman–Crippen LogP) is 2.40. The fourth-order valence-corrected chi connectivity index (χ4v) is 4.61. The highest BCUT2D eigenvalue weighted by atomic mass is 16.7. The number of rotatable bonds is 10. The Kier molecular flexibility index (Phi) is 9.63. The zero-order valence-corrected chi connectivity index (χ0v) is 23.1. The highest BCUT2D eigenvalue weighted by molar-refractivity contribution is 5.85. The molecule has 0 saturated carbocycles. The predicted molar refractivity (Wildman–Crippen MR) is 140 cm³/mol. The molecule has 0 unspecified atom stereocenters. The first-order valence-corrected chi connectivity index (χ1v) is 12.9. The lowest BCUT2D eigenvalue weighted by Crippen LogP contribution is -2.60. The highest BCUT2D eigenvalue weighted by Gasteiger charge is 2.53. The van der Waals surface area contributed by atoms with Crippen LogP contribution in [0.3, 0.4) is 0 Å². The van der Waals surface area contributed by atoms with E-state index in [1.165, 1.54) is 24.7 Å². The number of carbonyl (C=O) groups excluding carboxylic acids is 4. The molecule has 1 saturated heterocycles. The van der Waals surface area contributed by atoms with Crippen molar-refractivity contribution in [2.75, 3.05) is 6.61 Å². The van der Waals surface area contributed by atoms with Gasteiger partial charge in [0, 0.05) is 27.7 Å². The molecular formula is C28H31N3O10. The molecule has 0 N–H and O–H groups in total. The van der Waals surface area contributed by atoms with E-state index in [4.69, 9.17) is 28.4 Å². The Bertz CT molecular complexity index is 1400. The summed E-state index contributed by atoms with van der Waals surface area (Å²) in [6, 6.07) is 14.0. The van der Waals surface area contributed by atoms with Gasteiger partial charge in [-0.1, -0.05) is 47.7 Å². The van der Waals surface area contributed by atoms with Gasteiger partial charge in [-0.3, -0.25) is 19.2 Å². The first-order chi connectivity index (χ1) is 19.6. The van der Waals surface area contributed by atoms with E-state index >= 15 is 0 Å². The molecule has 1 fully saturated rings. The molecule has 1 aromatic heterocycles. The SMILES string of the molecule is CC(=O)OC[C@H]1O[C@@H](n2cc(COCc3cccc4ccccc34)nn2)[C@H](OC(C)=O)[C@@H](OC(C)=O)[C@@H]1OC(C)=O. The summed E-state index contributed by atoms with van der Waals surface area (Å²) in [5.41, 5.74) is 1.45. The second-order valence-corrected chi connectivity index (χ2v) is 9.41. The molecule has 2 aromatic carbocycles. The number of benzene rings is 2. The van der Waals surface area contributed by atoms with Crippen LogP contribution in [0, 0.1) is 0 Å². The molecule has 13 nitrogen and oxygen atoms in total. The van der Waals surface area contributed by atoms with Crippen molar-refractivity contribution in [1.29, 1.82) is 0 Å². The van der Waals surface area contributed by atoms with Crippen LogP contribution in [0.2, 0.25) is 0 Å². The van der Waals surface area contributed by atoms with Crippen molar-refractivity contribution in [1.82, 2.24) is 15.0 Å². The maximum atomic E-state index is 12.1. The topological polar surface area (TPSA) is 154 Å². The van der Waals surface area contributed by atoms with Gasteiger partial charge in [0.15, 0.2) is 24.5 Å². The number of ether oxygens (including phenoxy) is 6. The van der Waals surface area contributed by atoms with Gasteiger partial charge < -0.3 is 28.4 Å². The molecule has 3 aromatic rings. The molecule has 2 heterocycles. The van der Waals surface area contributed by atoms with Crippen molar-refractivity contribution in [2.45, 2.75) is 71.6 Å². The van der Waals surface area contributed by atoms with Gasteiger partial charge in [0.2, 0.25) is 0 Å². The van der Waals surface area contributed by atoms with E-state index in [-0.39, 0.29) is 13.2 Å². The monoisotopic (exact) mass is 569 g/mol. The largest absolute Gasteiger partial charge is 0.463 e. The van der Waals surface area contributed by atoms with Gasteiger partial charge in [-0.15, -0.1) is 5.10 Å². The molecule has 1 aliphatic heterocycles. The van der Waals surface area contributed by atoms with Gasteiger partial charge in [0.25, 0.3) is 0 Å². The Labute approximate surface area is 235 Å². The van der Waals surface area contributed by atoms with Gasteiger partial charge in [0.05, 0.1) is 19.4 Å². The van der Waals surface area contributed by atoms with E-state index in [1.54, 1.807) is 0 Å². The first-order valence-electron chi connectivity index (χ1n) is 12.9. The van der Waals surface area contributed by atoms with Crippen molar-refractivity contribution in [3.63, 3.8) is 0 Å². The summed E-state index contributed by atoms with van der Waals surface area (Å²) in [6.45, 7) is 4.77. The summed E-state index contributed by atoms with van der Waals surface area (Å²) in [5.74, 6) is -2.75. The minimum absolute atomic E-state index is 0.106. The molecular weight excluding hydrogens is 538 g/mol. The van der Waals surface area contributed by atoms with Gasteiger partial charge in [-0.05, 0) is 16.3 Å². The molecule has 13 heteroatoms. The third-order valence-electron chi connectivity index (χ3n) is 6.17. The average Bonchev–Trinajstić information content (AvgIpc) is 3.38. The number of hydrogen-bond donors (Lipinski definition) is 0. The van der Waals surface area contributed by atoms with Crippen LogP contribution in [0.5, 0.6) is 0 Å².